The first-order valence-corrected chi connectivity index (χ1v) is 11.5. The van der Waals surface area contributed by atoms with E-state index in [0.717, 1.165) is 10.0 Å². The molecule has 0 amide bonds. The van der Waals surface area contributed by atoms with Crippen LogP contribution in [0.15, 0.2) is 72.8 Å². The quantitative estimate of drug-likeness (QED) is 0.202. The first kappa shape index (κ1) is 23.3. The topological polar surface area (TPSA) is 0 Å². The van der Waals surface area contributed by atoms with Crippen molar-refractivity contribution in [3.63, 3.8) is 0 Å². The summed E-state index contributed by atoms with van der Waals surface area (Å²) in [4.78, 5) is 0. The van der Waals surface area contributed by atoms with Gasteiger partial charge in [-0.1, -0.05) is 47.5 Å². The van der Waals surface area contributed by atoms with Gasteiger partial charge in [0, 0.05) is 10.0 Å². The summed E-state index contributed by atoms with van der Waals surface area (Å²) >= 11 is 12.9. The number of rotatable bonds is 0. The monoisotopic (exact) mass is 446 g/mol. The molecule has 0 bridgehead atoms. The van der Waals surface area contributed by atoms with Crippen molar-refractivity contribution in [3.05, 3.63) is 97.7 Å². The van der Waals surface area contributed by atoms with Crippen molar-refractivity contribution in [2.75, 3.05) is 0 Å². The van der Waals surface area contributed by atoms with Gasteiger partial charge in [0.25, 0.3) is 0 Å². The summed E-state index contributed by atoms with van der Waals surface area (Å²) in [6.07, 6.45) is 0. The molecule has 0 N–H and O–H groups in total. The number of hydrogen-bond donors (Lipinski definition) is 0. The van der Waals surface area contributed by atoms with E-state index in [1.807, 2.05) is 48.5 Å². The van der Waals surface area contributed by atoms with E-state index in [2.05, 4.69) is 31.1 Å². The molecule has 0 aliphatic rings. The number of halogens is 2. The summed E-state index contributed by atoms with van der Waals surface area (Å²) in [5, 5.41) is 6.55. The normalized spacial score (nSPS) is 8.88. The van der Waals surface area contributed by atoms with Crippen LogP contribution in [0.1, 0.15) is 0 Å². The van der Waals surface area contributed by atoms with Crippen LogP contribution in [0.3, 0.4) is 0 Å². The molecule has 2 radical (unpaired) electrons. The molecule has 0 nitrogen and oxygen atoms in total. The molecule has 0 saturated carbocycles. The van der Waals surface area contributed by atoms with Crippen LogP contribution < -0.4 is 0 Å². The third-order valence-electron chi connectivity index (χ3n) is 3.20. The SMILES string of the molecule is Clc1ccc2[cH-]ccc2c1.Clc1ccc2[cH-]ccc2c1.[CH3-].[CH3-].[Si]=[Zr]. The summed E-state index contributed by atoms with van der Waals surface area (Å²) in [5.74, 6) is 0. The third kappa shape index (κ3) is 6.33. The van der Waals surface area contributed by atoms with Crippen molar-refractivity contribution in [1.29, 1.82) is 0 Å². The fourth-order valence-electron chi connectivity index (χ4n) is 2.19. The maximum absolute atomic E-state index is 5.78. The summed E-state index contributed by atoms with van der Waals surface area (Å²) in [5.41, 5.74) is 0. The zero-order chi connectivity index (χ0) is 15.9. The van der Waals surface area contributed by atoms with Gasteiger partial charge in [-0.2, -0.15) is 35.0 Å². The molecular weight excluding hydrogens is 430 g/mol. The second-order valence-corrected chi connectivity index (χ2v) is 5.47. The molecule has 0 aliphatic carbocycles. The van der Waals surface area contributed by atoms with E-state index < -0.39 is 0 Å². The molecule has 4 aromatic rings. The van der Waals surface area contributed by atoms with Crippen LogP contribution in [-0.4, -0.2) is 6.88 Å². The molecule has 0 unspecified atom stereocenters. The predicted octanol–water partition coefficient (Wildman–Crippen LogP) is 6.94. The van der Waals surface area contributed by atoms with Gasteiger partial charge in [0.2, 0.25) is 0 Å². The van der Waals surface area contributed by atoms with Gasteiger partial charge >= 0.3 is 30.2 Å². The Bertz CT molecular complexity index is 792. The van der Waals surface area contributed by atoms with Gasteiger partial charge < -0.3 is 14.9 Å². The average molecular weight is 449 g/mol. The van der Waals surface area contributed by atoms with Gasteiger partial charge in [0.15, 0.2) is 0 Å². The minimum atomic E-state index is 0. The Morgan fingerprint density at radius 2 is 1.04 bits per heavy atom. The molecular formula is C20H18Cl2SiZr-4. The van der Waals surface area contributed by atoms with Crippen molar-refractivity contribution >= 4 is 51.6 Å². The first-order valence-electron chi connectivity index (χ1n) is 6.59. The Morgan fingerprint density at radius 1 is 0.667 bits per heavy atom. The van der Waals surface area contributed by atoms with Crippen LogP contribution in [0.4, 0.5) is 0 Å². The van der Waals surface area contributed by atoms with E-state index in [0.29, 0.717) is 0 Å². The maximum atomic E-state index is 5.78. The standard InChI is InChI=1S/2C9H6Cl.2CH3.Si.Zr/c2*10-9-5-4-7-2-1-3-8(7)6-9;;;;/h2*1-6H;2*1H3;;/q4*-1;;. The van der Waals surface area contributed by atoms with E-state index in [-0.39, 0.29) is 14.9 Å². The van der Waals surface area contributed by atoms with E-state index in [1.54, 1.807) is 0 Å². The van der Waals surface area contributed by atoms with Gasteiger partial charge in [-0.25, -0.2) is 0 Å². The van der Waals surface area contributed by atoms with Gasteiger partial charge in [0.1, 0.15) is 0 Å². The zero-order valence-electron chi connectivity index (χ0n) is 13.7. The van der Waals surface area contributed by atoms with Crippen LogP contribution >= 0.6 is 23.2 Å². The van der Waals surface area contributed by atoms with E-state index in [4.69, 9.17) is 23.2 Å². The van der Waals surface area contributed by atoms with Crippen LogP contribution in [0.5, 0.6) is 0 Å². The Kier molecular flexibility index (Phi) is 11.5. The second kappa shape index (κ2) is 11.8. The van der Waals surface area contributed by atoms with Crippen LogP contribution in [0.2, 0.25) is 10.0 Å². The Labute approximate surface area is 171 Å². The van der Waals surface area contributed by atoms with Gasteiger partial charge in [-0.15, -0.1) is 35.0 Å². The fourth-order valence-corrected chi connectivity index (χ4v) is 2.56. The Hall–Kier alpha value is -0.660. The molecule has 4 rings (SSSR count). The van der Waals surface area contributed by atoms with Crippen molar-refractivity contribution in [2.45, 2.75) is 0 Å². The summed E-state index contributed by atoms with van der Waals surface area (Å²) in [6.45, 7) is 3.06. The minimum absolute atomic E-state index is 0. The van der Waals surface area contributed by atoms with Gasteiger partial charge in [-0.05, 0) is 0 Å². The molecule has 4 aromatic carbocycles. The molecule has 4 heteroatoms. The molecule has 0 saturated heterocycles. The van der Waals surface area contributed by atoms with Crippen LogP contribution in [0, 0.1) is 14.9 Å². The Balaban J connectivity index is 0.000000372. The summed E-state index contributed by atoms with van der Waals surface area (Å²) in [7, 11) is 0. The molecule has 0 fully saturated rings. The second-order valence-electron chi connectivity index (χ2n) is 4.60. The Morgan fingerprint density at radius 3 is 1.42 bits per heavy atom. The van der Waals surface area contributed by atoms with Crippen LogP contribution in [0.25, 0.3) is 21.5 Å². The molecule has 0 heterocycles. The van der Waals surface area contributed by atoms with Crippen molar-refractivity contribution in [1.82, 2.24) is 0 Å². The third-order valence-corrected chi connectivity index (χ3v) is 3.67. The van der Waals surface area contributed by atoms with Gasteiger partial charge in [0.05, 0.1) is 0 Å². The number of hydrogen-bond acceptors (Lipinski definition) is 0. The van der Waals surface area contributed by atoms with E-state index in [9.17, 15) is 0 Å². The molecule has 124 valence electrons. The van der Waals surface area contributed by atoms with Gasteiger partial charge in [-0.3, -0.25) is 0 Å². The molecule has 0 aliphatic heterocycles. The zero-order valence-corrected chi connectivity index (χ0v) is 18.7. The molecule has 0 aromatic heterocycles. The molecule has 0 atom stereocenters. The van der Waals surface area contributed by atoms with Crippen molar-refractivity contribution < 1.29 is 23.3 Å². The van der Waals surface area contributed by atoms with E-state index >= 15 is 0 Å². The number of fused-ring (bicyclic) bond motifs is 2. The molecule has 0 spiro atoms. The predicted molar refractivity (Wildman–Crippen MR) is 108 cm³/mol. The van der Waals surface area contributed by atoms with Crippen molar-refractivity contribution in [3.8, 4) is 0 Å². The fraction of sp³-hybridized carbons (Fsp3) is 0. The van der Waals surface area contributed by atoms with Crippen molar-refractivity contribution in [2.24, 2.45) is 0 Å². The van der Waals surface area contributed by atoms with Crippen LogP contribution in [-0.2, 0) is 23.3 Å². The van der Waals surface area contributed by atoms with E-state index in [1.165, 1.54) is 44.9 Å². The molecule has 24 heavy (non-hydrogen) atoms. The summed E-state index contributed by atoms with van der Waals surface area (Å²) < 4.78 is 0. The average Bonchev–Trinajstić information content (AvgIpc) is 3.17. The first-order chi connectivity index (χ1) is 10.7. The summed E-state index contributed by atoms with van der Waals surface area (Å²) in [6, 6.07) is 24.1. The number of benzene rings is 2.